The van der Waals surface area contributed by atoms with Gasteiger partial charge in [0.25, 0.3) is 0 Å². The Kier molecular flexibility index (Phi) is 32.2. The molecule has 27 nitrogen and oxygen atoms in total. The number of hydrogen-bond donors (Lipinski definition) is 7. The van der Waals surface area contributed by atoms with E-state index in [-0.39, 0.29) is 48.8 Å². The van der Waals surface area contributed by atoms with Gasteiger partial charge in [-0.1, -0.05) is 84.7 Å². The van der Waals surface area contributed by atoms with Gasteiger partial charge in [-0.25, -0.2) is 0 Å². The van der Waals surface area contributed by atoms with Crippen molar-refractivity contribution in [3.63, 3.8) is 0 Å². The number of carboxylic acids is 1. The molecule has 0 radical (unpaired) electrons. The molecule has 0 aromatic heterocycles. The maximum atomic E-state index is 14.3. The Hall–Kier alpha value is -7.71. The fourth-order valence-corrected chi connectivity index (χ4v) is 10.9. The summed E-state index contributed by atoms with van der Waals surface area (Å²) in [6.45, 7) is 18.0. The maximum Gasteiger partial charge on any atom is 0.305 e. The van der Waals surface area contributed by atoms with Crippen molar-refractivity contribution in [3.8, 4) is 0 Å². The van der Waals surface area contributed by atoms with Crippen molar-refractivity contribution in [3.05, 3.63) is 35.9 Å². The molecule has 0 heterocycles. The van der Waals surface area contributed by atoms with E-state index in [1.54, 1.807) is 44.3 Å². The molecular formula is C64H107N13O14. The molecular weight excluding hydrogens is 1170 g/mol. The van der Waals surface area contributed by atoms with E-state index < -0.39 is 150 Å². The largest absolute Gasteiger partial charge is 0.481 e. The third kappa shape index (κ3) is 23.5. The number of nitrogens with one attached hydrogen (secondary N) is 6. The number of carbonyl (C=O) groups excluding carboxylic acids is 12. The van der Waals surface area contributed by atoms with Crippen LogP contribution in [0.25, 0.3) is 0 Å². The number of aliphatic carboxylic acids is 1. The summed E-state index contributed by atoms with van der Waals surface area (Å²) in [5.74, 6) is -9.41. The highest BCUT2D eigenvalue weighted by atomic mass is 16.4. The molecule has 91 heavy (non-hydrogen) atoms. The first-order valence-corrected chi connectivity index (χ1v) is 31.5. The van der Waals surface area contributed by atoms with Gasteiger partial charge in [0, 0.05) is 62.8 Å². The number of benzene rings is 1. The number of nitrogens with zero attached hydrogens (tertiary/aromatic N) is 7. The Bertz CT molecular complexity index is 2690. The molecule has 0 spiro atoms. The Morgan fingerprint density at radius 3 is 1.38 bits per heavy atom. The van der Waals surface area contributed by atoms with Crippen LogP contribution in [-0.4, -0.2) is 253 Å². The van der Waals surface area contributed by atoms with Crippen LogP contribution in [0.3, 0.4) is 0 Å². The molecule has 2 rings (SSSR count). The Morgan fingerprint density at radius 1 is 0.462 bits per heavy atom. The molecule has 0 bridgehead atoms. The lowest BCUT2D eigenvalue weighted by Crippen LogP contribution is -2.60. The van der Waals surface area contributed by atoms with Crippen LogP contribution in [0.15, 0.2) is 30.3 Å². The summed E-state index contributed by atoms with van der Waals surface area (Å²) < 4.78 is 0. The third-order valence-electron chi connectivity index (χ3n) is 17.0. The predicted octanol–water partition coefficient (Wildman–Crippen LogP) is 0.825. The van der Waals surface area contributed by atoms with Crippen LogP contribution >= 0.6 is 0 Å². The van der Waals surface area contributed by atoms with Gasteiger partial charge in [0.2, 0.25) is 70.9 Å². The van der Waals surface area contributed by atoms with E-state index in [4.69, 9.17) is 0 Å². The zero-order valence-electron chi connectivity index (χ0n) is 57.5. The van der Waals surface area contributed by atoms with Crippen LogP contribution in [0.5, 0.6) is 0 Å². The second-order valence-corrected chi connectivity index (χ2v) is 25.9. The molecule has 1 aliphatic carbocycles. The number of hydrogen-bond acceptors (Lipinski definition) is 14. The van der Waals surface area contributed by atoms with Gasteiger partial charge in [0.05, 0.1) is 19.0 Å². The summed E-state index contributed by atoms with van der Waals surface area (Å²) in [5, 5.41) is 26.0. The monoisotopic (exact) mass is 1280 g/mol. The molecule has 27 heteroatoms. The van der Waals surface area contributed by atoms with Crippen molar-refractivity contribution >= 4 is 76.9 Å². The van der Waals surface area contributed by atoms with E-state index in [0.717, 1.165) is 27.5 Å². The normalized spacial score (nSPS) is 16.0. The van der Waals surface area contributed by atoms with Crippen molar-refractivity contribution in [1.82, 2.24) is 66.2 Å². The molecule has 512 valence electrons. The van der Waals surface area contributed by atoms with Gasteiger partial charge in [0.1, 0.15) is 60.4 Å². The molecule has 1 fully saturated rings. The Morgan fingerprint density at radius 2 is 0.901 bits per heavy atom. The van der Waals surface area contributed by atoms with Gasteiger partial charge >= 0.3 is 5.97 Å². The van der Waals surface area contributed by atoms with Crippen LogP contribution in [-0.2, 0) is 68.7 Å². The van der Waals surface area contributed by atoms with Gasteiger partial charge in [0.15, 0.2) is 0 Å². The van der Waals surface area contributed by atoms with Crippen LogP contribution in [0.2, 0.25) is 0 Å². The van der Waals surface area contributed by atoms with Crippen LogP contribution in [0, 0.1) is 23.7 Å². The maximum absolute atomic E-state index is 14.3. The van der Waals surface area contributed by atoms with E-state index in [9.17, 15) is 67.4 Å². The minimum absolute atomic E-state index is 0.00209. The number of carbonyl (C=O) groups is 13. The highest BCUT2D eigenvalue weighted by molar-refractivity contribution is 5.99. The van der Waals surface area contributed by atoms with Crippen LogP contribution in [0.1, 0.15) is 133 Å². The molecule has 12 amide bonds. The zero-order chi connectivity index (χ0) is 69.6. The lowest BCUT2D eigenvalue weighted by molar-refractivity contribution is -0.154. The number of amides is 12. The molecule has 0 aliphatic heterocycles. The lowest BCUT2D eigenvalue weighted by Gasteiger charge is -2.38. The topological polar surface area (TPSA) is 337 Å². The molecule has 1 aromatic carbocycles. The molecule has 1 unspecified atom stereocenters. The van der Waals surface area contributed by atoms with Crippen LogP contribution in [0.4, 0.5) is 0 Å². The van der Waals surface area contributed by atoms with E-state index in [2.05, 4.69) is 31.9 Å². The number of rotatable bonds is 35. The highest BCUT2D eigenvalue weighted by Gasteiger charge is 2.43. The molecule has 1 aliphatic rings. The van der Waals surface area contributed by atoms with Gasteiger partial charge in [-0.2, -0.15) is 0 Å². The van der Waals surface area contributed by atoms with E-state index in [1.807, 2.05) is 41.5 Å². The Balaban J connectivity index is 2.26. The van der Waals surface area contributed by atoms with E-state index in [1.165, 1.54) is 104 Å². The van der Waals surface area contributed by atoms with E-state index >= 15 is 0 Å². The third-order valence-corrected chi connectivity index (χ3v) is 17.0. The fraction of sp³-hybridized carbons (Fsp3) is 0.703. The van der Waals surface area contributed by atoms with E-state index in [0.29, 0.717) is 24.8 Å². The smallest absolute Gasteiger partial charge is 0.305 e. The summed E-state index contributed by atoms with van der Waals surface area (Å²) in [6, 6.07) is -3.42. The quantitative estimate of drug-likeness (QED) is 0.0495. The van der Waals surface area contributed by atoms with Crippen molar-refractivity contribution in [1.29, 1.82) is 0 Å². The predicted molar refractivity (Wildman–Crippen MR) is 343 cm³/mol. The van der Waals surface area contributed by atoms with Gasteiger partial charge in [-0.3, -0.25) is 62.3 Å². The van der Waals surface area contributed by atoms with Crippen molar-refractivity contribution in [2.24, 2.45) is 23.7 Å². The second-order valence-electron chi connectivity index (χ2n) is 25.9. The molecule has 1 saturated carbocycles. The molecule has 0 saturated heterocycles. The molecule has 11 atom stereocenters. The molecule has 1 aromatic rings. The van der Waals surface area contributed by atoms with Gasteiger partial charge in [-0.15, -0.1) is 0 Å². The lowest BCUT2D eigenvalue weighted by atomic mass is 9.94. The first-order valence-electron chi connectivity index (χ1n) is 31.5. The fourth-order valence-electron chi connectivity index (χ4n) is 10.9. The van der Waals surface area contributed by atoms with Crippen LogP contribution < -0.4 is 31.9 Å². The highest BCUT2D eigenvalue weighted by Crippen LogP contribution is 2.32. The van der Waals surface area contributed by atoms with Crippen molar-refractivity contribution in [2.45, 2.75) is 200 Å². The van der Waals surface area contributed by atoms with Gasteiger partial charge < -0.3 is 71.3 Å². The SMILES string of the molecule is CN[C@@H](C)C(=O)N[C@@H](CC(C)C)C(=O)N(C)[C@@H](CC(C)C)C(=O)N[C@@H](C)C(=O)N(C)[C@@H](Cc1ccccc1)C(=O)NCC(=O)N(C)[C@@H](C)C(=O)N[C@@H](CC(C)C)C(=O)N(C)[C@@H](C)C(=O)N[C@@H](C)C(=O)N(C)C(C(=O)N(C)[C@@H](CC(=O)O)C(=O)N(C)C)C1CCCC1. The van der Waals surface area contributed by atoms with Crippen molar-refractivity contribution < 1.29 is 67.4 Å². The summed E-state index contributed by atoms with van der Waals surface area (Å²) >= 11 is 0. The number of likely N-dealkylation sites (N-methyl/N-ethyl adjacent to an activating group) is 8. The second kappa shape index (κ2) is 37.0. The first-order chi connectivity index (χ1) is 42.3. The summed E-state index contributed by atoms with van der Waals surface area (Å²) in [5.41, 5.74) is 0.671. The summed E-state index contributed by atoms with van der Waals surface area (Å²) in [7, 11) is 12.8. The summed E-state index contributed by atoms with van der Waals surface area (Å²) in [4.78, 5) is 187. The minimum atomic E-state index is -1.34. The standard InChI is InChI=1S/C64H107N13O14/c1-36(2)30-46(61(88)73(16)43(11)55(82)67-41(9)60(87)77(20)53(45-28-24-25-29-45)64(91)76(19)50(34-52(79)80)63(90)71(13)14)70-56(83)42(10)72(15)51(78)35-66-57(84)49(33-44-26-22-21-23-27-44)74(17)59(86)40(8)68-58(85)48(32-38(5)6)75(18)62(89)47(31-37(3)4)69-54(81)39(7)65-12/h21-23,26-27,36-43,45-50,53,65H,24-25,28-35H2,1-20H3,(H,66,84)(H,67,82)(H,68,85)(H,69,81)(H,70,83)(H,79,80)/t39-,40-,41-,42-,43-,46-,47-,48-,49-,50-,53?/m0/s1. The van der Waals surface area contributed by atoms with Gasteiger partial charge in [-0.05, 0) is 103 Å². The molecule has 7 N–H and O–H groups in total. The minimum Gasteiger partial charge on any atom is -0.481 e. The zero-order valence-corrected chi connectivity index (χ0v) is 57.5. The Labute approximate surface area is 538 Å². The average Bonchev–Trinajstić information content (AvgIpc) is 1.82. The summed E-state index contributed by atoms with van der Waals surface area (Å²) in [6.07, 6.45) is 2.74. The first kappa shape index (κ1) is 79.4. The average molecular weight is 1280 g/mol. The van der Waals surface area contributed by atoms with Crippen molar-refractivity contribution in [2.75, 3.05) is 70.0 Å². The number of carboxylic acid groups (broad SMARTS) is 1.